The highest BCUT2D eigenvalue weighted by Crippen LogP contribution is 2.38. The maximum absolute atomic E-state index is 5.70. The summed E-state index contributed by atoms with van der Waals surface area (Å²) in [4.78, 5) is 0. The lowest BCUT2D eigenvalue weighted by Gasteiger charge is -2.36. The molecule has 1 N–H and O–H groups in total. The number of hydrogen-bond acceptors (Lipinski definition) is 5. The lowest BCUT2D eigenvalue weighted by molar-refractivity contribution is 0.108. The van der Waals surface area contributed by atoms with Crippen LogP contribution in [0.3, 0.4) is 0 Å². The van der Waals surface area contributed by atoms with E-state index in [1.807, 2.05) is 18.2 Å². The van der Waals surface area contributed by atoms with Crippen LogP contribution < -0.4 is 19.6 Å². The van der Waals surface area contributed by atoms with E-state index in [4.69, 9.17) is 14.2 Å². The number of hydrazine groups is 1. The average Bonchev–Trinajstić information content (AvgIpc) is 2.87. The first-order valence-corrected chi connectivity index (χ1v) is 12.6. The number of rotatable bonds is 14. The molecular weight excluding hydrogens is 412 g/mol. The van der Waals surface area contributed by atoms with Crippen molar-refractivity contribution in [3.8, 4) is 17.2 Å². The minimum absolute atomic E-state index is 0.512. The first-order chi connectivity index (χ1) is 16.2. The molecule has 0 saturated heterocycles. The van der Waals surface area contributed by atoms with Crippen molar-refractivity contribution in [2.24, 2.45) is 0 Å². The molecule has 2 aromatic rings. The average molecular weight is 455 g/mol. The second kappa shape index (κ2) is 13.5. The quantitative estimate of drug-likeness (QED) is 0.298. The molecule has 33 heavy (non-hydrogen) atoms. The number of hydrogen-bond donors (Lipinski definition) is 1. The van der Waals surface area contributed by atoms with E-state index in [1.165, 1.54) is 42.4 Å². The molecule has 1 aliphatic rings. The van der Waals surface area contributed by atoms with Gasteiger partial charge in [-0.1, -0.05) is 44.4 Å². The van der Waals surface area contributed by atoms with Crippen LogP contribution in [0.1, 0.15) is 62.1 Å². The summed E-state index contributed by atoms with van der Waals surface area (Å²) in [7, 11) is 5.17. The third-order valence-electron chi connectivity index (χ3n) is 6.74. The number of nitrogens with one attached hydrogen (secondary N) is 1. The summed E-state index contributed by atoms with van der Waals surface area (Å²) < 4.78 is 16.5. The molecule has 0 fully saturated rings. The largest absolute Gasteiger partial charge is 0.497 e. The standard InChI is InChI=1S/C28H42N2O3/c1-5-6-7-8-20-30(29-19-9-10-22-11-15-25(31-2)16-12-22)24-14-17-26-23(21-24)13-18-27(32-3)28(26)33-4/h11-13,15-16,18,24,29H,5-10,14,17,19-21H2,1-4H3. The number of methoxy groups -OCH3 is 3. The minimum atomic E-state index is 0.512. The Morgan fingerprint density at radius 2 is 1.73 bits per heavy atom. The van der Waals surface area contributed by atoms with Crippen LogP contribution in [0.15, 0.2) is 36.4 Å². The predicted octanol–water partition coefficient (Wildman–Crippen LogP) is 5.59. The van der Waals surface area contributed by atoms with Crippen LogP contribution >= 0.6 is 0 Å². The van der Waals surface area contributed by atoms with Gasteiger partial charge in [0, 0.05) is 24.7 Å². The van der Waals surface area contributed by atoms with E-state index in [-0.39, 0.29) is 0 Å². The van der Waals surface area contributed by atoms with E-state index < -0.39 is 0 Å². The van der Waals surface area contributed by atoms with Crippen molar-refractivity contribution in [2.45, 2.75) is 70.8 Å². The number of ether oxygens (including phenoxy) is 3. The Bertz CT molecular complexity index is 838. The van der Waals surface area contributed by atoms with Crippen molar-refractivity contribution in [2.75, 3.05) is 34.4 Å². The third kappa shape index (κ3) is 7.12. The molecule has 5 nitrogen and oxygen atoms in total. The Morgan fingerprint density at radius 3 is 2.42 bits per heavy atom. The van der Waals surface area contributed by atoms with E-state index in [1.54, 1.807) is 21.3 Å². The zero-order valence-electron chi connectivity index (χ0n) is 21.0. The fourth-order valence-electron chi connectivity index (χ4n) is 4.84. The lowest BCUT2D eigenvalue weighted by Crippen LogP contribution is -2.49. The summed E-state index contributed by atoms with van der Waals surface area (Å²) in [6.07, 6.45) is 10.5. The highest BCUT2D eigenvalue weighted by Gasteiger charge is 2.27. The molecule has 0 saturated carbocycles. The molecule has 1 aliphatic carbocycles. The van der Waals surface area contributed by atoms with Crippen LogP contribution in [0.4, 0.5) is 0 Å². The topological polar surface area (TPSA) is 43.0 Å². The van der Waals surface area contributed by atoms with Gasteiger partial charge >= 0.3 is 0 Å². The Kier molecular flexibility index (Phi) is 10.4. The number of nitrogens with zero attached hydrogens (tertiary/aromatic N) is 1. The highest BCUT2D eigenvalue weighted by atomic mass is 16.5. The van der Waals surface area contributed by atoms with Crippen molar-refractivity contribution in [3.05, 3.63) is 53.1 Å². The Morgan fingerprint density at radius 1 is 0.909 bits per heavy atom. The summed E-state index contributed by atoms with van der Waals surface area (Å²) in [6.45, 7) is 4.37. The fraction of sp³-hybridized carbons (Fsp3) is 0.571. The summed E-state index contributed by atoms with van der Waals surface area (Å²) in [6, 6.07) is 13.2. The molecule has 0 bridgehead atoms. The van der Waals surface area contributed by atoms with Crippen molar-refractivity contribution in [3.63, 3.8) is 0 Å². The first kappa shape index (κ1) is 25.4. The third-order valence-corrected chi connectivity index (χ3v) is 6.74. The van der Waals surface area contributed by atoms with Gasteiger partial charge < -0.3 is 14.2 Å². The van der Waals surface area contributed by atoms with Crippen LogP contribution in [-0.2, 0) is 19.3 Å². The van der Waals surface area contributed by atoms with Crippen molar-refractivity contribution >= 4 is 0 Å². The molecule has 5 heteroatoms. The first-order valence-electron chi connectivity index (χ1n) is 12.6. The van der Waals surface area contributed by atoms with Gasteiger partial charge in [-0.2, -0.15) is 0 Å². The molecular formula is C28H42N2O3. The predicted molar refractivity (Wildman–Crippen MR) is 136 cm³/mol. The van der Waals surface area contributed by atoms with E-state index in [9.17, 15) is 0 Å². The second-order valence-electron chi connectivity index (χ2n) is 8.95. The fourth-order valence-corrected chi connectivity index (χ4v) is 4.84. The molecule has 182 valence electrons. The van der Waals surface area contributed by atoms with Crippen LogP contribution in [0.25, 0.3) is 0 Å². The molecule has 0 aliphatic heterocycles. The Labute approximate surface area is 200 Å². The molecule has 0 heterocycles. The van der Waals surface area contributed by atoms with E-state index in [0.29, 0.717) is 6.04 Å². The molecule has 0 aromatic heterocycles. The molecule has 1 atom stereocenters. The molecule has 2 aromatic carbocycles. The smallest absolute Gasteiger partial charge is 0.164 e. The molecule has 0 spiro atoms. The van der Waals surface area contributed by atoms with E-state index in [2.05, 4.69) is 35.6 Å². The van der Waals surface area contributed by atoms with Gasteiger partial charge in [0.2, 0.25) is 0 Å². The molecule has 3 rings (SSSR count). The number of unbranched alkanes of at least 4 members (excludes halogenated alkanes) is 3. The molecule has 1 unspecified atom stereocenters. The molecule has 0 amide bonds. The van der Waals surface area contributed by atoms with Gasteiger partial charge in [-0.15, -0.1) is 0 Å². The van der Waals surface area contributed by atoms with E-state index >= 15 is 0 Å². The lowest BCUT2D eigenvalue weighted by atomic mass is 9.87. The van der Waals surface area contributed by atoms with E-state index in [0.717, 1.165) is 62.4 Å². The summed E-state index contributed by atoms with van der Waals surface area (Å²) in [5, 5.41) is 2.53. The minimum Gasteiger partial charge on any atom is -0.497 e. The maximum atomic E-state index is 5.70. The summed E-state index contributed by atoms with van der Waals surface area (Å²) >= 11 is 0. The number of benzene rings is 2. The summed E-state index contributed by atoms with van der Waals surface area (Å²) in [5.74, 6) is 2.67. The normalized spacial score (nSPS) is 15.4. The van der Waals surface area contributed by atoms with Crippen LogP contribution in [0.5, 0.6) is 17.2 Å². The van der Waals surface area contributed by atoms with Crippen molar-refractivity contribution in [1.82, 2.24) is 10.4 Å². The highest BCUT2D eigenvalue weighted by molar-refractivity contribution is 5.52. The monoisotopic (exact) mass is 454 g/mol. The van der Waals surface area contributed by atoms with Gasteiger partial charge in [0.1, 0.15) is 5.75 Å². The van der Waals surface area contributed by atoms with Gasteiger partial charge in [-0.25, -0.2) is 5.01 Å². The number of aryl methyl sites for hydroxylation is 1. The van der Waals surface area contributed by atoms with Gasteiger partial charge in [0.15, 0.2) is 11.5 Å². The Hall–Kier alpha value is -2.24. The maximum Gasteiger partial charge on any atom is 0.164 e. The van der Waals surface area contributed by atoms with Gasteiger partial charge in [-0.05, 0) is 67.9 Å². The number of fused-ring (bicyclic) bond motifs is 1. The zero-order chi connectivity index (χ0) is 23.5. The van der Waals surface area contributed by atoms with Gasteiger partial charge in [0.05, 0.1) is 21.3 Å². The Balaban J connectivity index is 1.58. The van der Waals surface area contributed by atoms with Crippen LogP contribution in [0.2, 0.25) is 0 Å². The summed E-state index contributed by atoms with van der Waals surface area (Å²) in [5.41, 5.74) is 7.86. The van der Waals surface area contributed by atoms with Crippen LogP contribution in [-0.4, -0.2) is 45.5 Å². The second-order valence-corrected chi connectivity index (χ2v) is 8.95. The van der Waals surface area contributed by atoms with Crippen LogP contribution in [0, 0.1) is 0 Å². The van der Waals surface area contributed by atoms with Gasteiger partial charge in [0.25, 0.3) is 0 Å². The van der Waals surface area contributed by atoms with Gasteiger partial charge in [-0.3, -0.25) is 5.43 Å². The SMILES string of the molecule is CCCCCCN(NCCCc1ccc(OC)cc1)C1CCc2c(ccc(OC)c2OC)C1. The zero-order valence-corrected chi connectivity index (χ0v) is 21.0. The van der Waals surface area contributed by atoms with Crippen molar-refractivity contribution in [1.29, 1.82) is 0 Å². The molecule has 0 radical (unpaired) electrons. The van der Waals surface area contributed by atoms with Crippen molar-refractivity contribution < 1.29 is 14.2 Å².